The molecule has 0 radical (unpaired) electrons. The first-order chi connectivity index (χ1) is 46.0. The number of fused-ring (bicyclic) bond motifs is 4. The van der Waals surface area contributed by atoms with Crippen molar-refractivity contribution in [3.8, 4) is 66.8 Å². The summed E-state index contributed by atoms with van der Waals surface area (Å²) in [5.41, 5.74) is 34.3. The minimum absolute atomic E-state index is 0.00661. The smallest absolute Gasteiger partial charge is 0.0464 e. The van der Waals surface area contributed by atoms with Crippen molar-refractivity contribution >= 4 is 60.6 Å². The van der Waals surface area contributed by atoms with Gasteiger partial charge in [0.2, 0.25) is 0 Å². The Morgan fingerprint density at radius 1 is 0.358 bits per heavy atom. The lowest BCUT2D eigenvalue weighted by Crippen LogP contribution is -2.27. The van der Waals surface area contributed by atoms with Crippen LogP contribution in [0, 0.1) is 13.8 Å². The maximum Gasteiger partial charge on any atom is 0.0464 e. The zero-order chi connectivity index (χ0) is 65.6. The van der Waals surface area contributed by atoms with E-state index in [1.807, 2.05) is 0 Å². The largest absolute Gasteiger partial charge is 0.310 e. The lowest BCUT2D eigenvalue weighted by molar-refractivity contribution is 0.349. The van der Waals surface area contributed by atoms with Gasteiger partial charge in [-0.15, -0.1) is 0 Å². The van der Waals surface area contributed by atoms with Crippen LogP contribution in [-0.2, 0) is 35.5 Å². The highest BCUT2D eigenvalue weighted by Gasteiger charge is 2.56. The van der Waals surface area contributed by atoms with Crippen LogP contribution in [0.4, 0.5) is 17.1 Å². The number of aryl methyl sites for hydroxylation is 4. The van der Waals surface area contributed by atoms with Crippen LogP contribution in [0.1, 0.15) is 128 Å². The lowest BCUT2D eigenvalue weighted by atomic mass is 9.72. The average Bonchev–Trinajstić information content (AvgIpc) is 1.53. The highest BCUT2D eigenvalue weighted by molar-refractivity contribution is 9.10. The molecule has 0 N–H and O–H groups in total. The highest BCUT2D eigenvalue weighted by atomic mass is 79.9. The molecule has 2 aliphatic carbocycles. The molecule has 95 heavy (non-hydrogen) atoms. The van der Waals surface area contributed by atoms with Crippen molar-refractivity contribution in [1.29, 1.82) is 0 Å². The fourth-order valence-corrected chi connectivity index (χ4v) is 16.4. The van der Waals surface area contributed by atoms with Crippen LogP contribution < -0.4 is 4.90 Å². The summed E-state index contributed by atoms with van der Waals surface area (Å²) in [4.78, 5) is 2.41. The molecular formula is C92H83Br2N. The summed E-state index contributed by atoms with van der Waals surface area (Å²) in [6, 6.07) is 101. The monoisotopic (exact) mass is 1360 g/mol. The molecule has 0 saturated carbocycles. The van der Waals surface area contributed by atoms with Crippen LogP contribution in [0.3, 0.4) is 0 Å². The van der Waals surface area contributed by atoms with Gasteiger partial charge in [0, 0.05) is 31.4 Å². The van der Waals surface area contributed by atoms with Crippen molar-refractivity contribution in [2.75, 3.05) is 4.90 Å². The molecular weight excluding hydrogens is 1280 g/mol. The van der Waals surface area contributed by atoms with Crippen LogP contribution in [0.5, 0.6) is 0 Å². The summed E-state index contributed by atoms with van der Waals surface area (Å²) in [7, 11) is 0. The van der Waals surface area contributed by atoms with Crippen molar-refractivity contribution in [2.45, 2.75) is 117 Å². The van der Waals surface area contributed by atoms with E-state index in [4.69, 9.17) is 0 Å². The molecule has 1 unspecified atom stereocenters. The van der Waals surface area contributed by atoms with Gasteiger partial charge in [0.05, 0.1) is 0 Å². The van der Waals surface area contributed by atoms with E-state index in [2.05, 4.69) is 365 Å². The van der Waals surface area contributed by atoms with E-state index < -0.39 is 0 Å². The van der Waals surface area contributed by atoms with E-state index in [0.717, 1.165) is 71.0 Å². The van der Waals surface area contributed by atoms with Gasteiger partial charge in [-0.1, -0.05) is 286 Å². The number of nitrogens with zero attached hydrogens (tertiary/aromatic N) is 1. The summed E-state index contributed by atoms with van der Waals surface area (Å²) < 4.78 is 2.17. The quantitative estimate of drug-likeness (QED) is 0.0822. The maximum atomic E-state index is 3.63. The van der Waals surface area contributed by atoms with E-state index >= 15 is 0 Å². The number of halogens is 2. The summed E-state index contributed by atoms with van der Waals surface area (Å²) in [5, 5.41) is 0. The van der Waals surface area contributed by atoms with Crippen LogP contribution in [0.2, 0.25) is 0 Å². The third kappa shape index (κ3) is 13.0. The second-order valence-electron chi connectivity index (χ2n) is 28.3. The molecule has 3 heteroatoms. The van der Waals surface area contributed by atoms with Crippen LogP contribution in [0.15, 0.2) is 276 Å². The third-order valence-corrected chi connectivity index (χ3v) is 21.6. The predicted molar refractivity (Wildman–Crippen MR) is 414 cm³/mol. The molecule has 0 aliphatic heterocycles. The van der Waals surface area contributed by atoms with Crippen LogP contribution >= 0.6 is 31.9 Å². The molecule has 1 atom stereocenters. The molecule has 470 valence electrons. The molecule has 12 aromatic carbocycles. The van der Waals surface area contributed by atoms with E-state index in [-0.39, 0.29) is 16.2 Å². The number of hydrogen-bond acceptors (Lipinski definition) is 1. The molecule has 0 amide bonds. The van der Waals surface area contributed by atoms with Crippen molar-refractivity contribution in [1.82, 2.24) is 0 Å². The third-order valence-electron chi connectivity index (χ3n) is 20.6. The average molecular weight is 1360 g/mol. The number of allylic oxidation sites excluding steroid dienone is 1. The van der Waals surface area contributed by atoms with E-state index in [1.165, 1.54) is 134 Å². The fraction of sp³-hybridized carbons (Fsp3) is 0.196. The van der Waals surface area contributed by atoms with Gasteiger partial charge < -0.3 is 4.90 Å². The molecule has 14 rings (SSSR count). The van der Waals surface area contributed by atoms with E-state index in [1.54, 1.807) is 0 Å². The molecule has 0 bridgehead atoms. The number of hydrogen-bond donors (Lipinski definition) is 0. The first-order valence-electron chi connectivity index (χ1n) is 34.1. The van der Waals surface area contributed by atoms with Gasteiger partial charge in [-0.25, -0.2) is 0 Å². The fourth-order valence-electron chi connectivity index (χ4n) is 15.9. The first kappa shape index (κ1) is 63.5. The Balaban J connectivity index is 0.784. The van der Waals surface area contributed by atoms with Gasteiger partial charge >= 0.3 is 0 Å². The van der Waals surface area contributed by atoms with Gasteiger partial charge in [-0.2, -0.15) is 0 Å². The minimum Gasteiger partial charge on any atom is -0.310 e. The number of rotatable bonds is 17. The molecule has 0 fully saturated rings. The minimum atomic E-state index is -0.142. The first-order valence-corrected chi connectivity index (χ1v) is 35.7. The Morgan fingerprint density at radius 3 is 1.11 bits per heavy atom. The Hall–Kier alpha value is -8.86. The molecule has 2 aliphatic rings. The van der Waals surface area contributed by atoms with Gasteiger partial charge in [0.25, 0.3) is 0 Å². The van der Waals surface area contributed by atoms with Crippen LogP contribution in [-0.4, -0.2) is 0 Å². The Labute approximate surface area is 581 Å². The van der Waals surface area contributed by atoms with E-state index in [9.17, 15) is 0 Å². The zero-order valence-corrected chi connectivity index (χ0v) is 59.3. The van der Waals surface area contributed by atoms with Gasteiger partial charge in [-0.05, 0) is 263 Å². The molecule has 12 aromatic rings. The molecule has 0 aromatic heterocycles. The normalized spacial score (nSPS) is 15.2. The zero-order valence-electron chi connectivity index (χ0n) is 56.1. The summed E-state index contributed by atoms with van der Waals surface area (Å²) in [6.45, 7) is 19.0. The highest BCUT2D eigenvalue weighted by Crippen LogP contribution is 2.63. The second-order valence-corrected chi connectivity index (χ2v) is 30.1. The van der Waals surface area contributed by atoms with Gasteiger partial charge in [-0.3, -0.25) is 0 Å². The summed E-state index contributed by atoms with van der Waals surface area (Å²) >= 11 is 7.24. The van der Waals surface area contributed by atoms with Gasteiger partial charge in [0.1, 0.15) is 0 Å². The molecule has 0 heterocycles. The molecule has 1 nitrogen and oxygen atoms in total. The van der Waals surface area contributed by atoms with Crippen molar-refractivity contribution < 1.29 is 0 Å². The standard InChI is InChI=1S/C92H83Br2N/c1-9-11-63-13-20-67(21-14-63)70-26-28-75(29-27-70)78(55-65-17-24-69(25-18-65)71-30-40-79(93)41-31-71)56-66-19-49-84(61(3)53-66)76-38-51-86-88(57-76)92(59-90(86,5)6)60-91(7,8)87-52-39-77(58-89(87)92)85-50-48-83(54-62(85)4)95(82-46-36-74(37-47-82)72-32-42-80(94)43-33-72)81-44-34-73(35-45-81)68-22-15-64(12-10-2)16-23-68/h13-54,56-58H,9-12,55,59-60H2,1-8H3/b78-56-. The van der Waals surface area contributed by atoms with Crippen molar-refractivity contribution in [3.05, 3.63) is 337 Å². The SMILES string of the molecule is CCCc1ccc(-c2ccc(/C(=C\c3ccc(-c4ccc5c(c4)C4(CC5(C)C)CC(C)(C)c5ccc(-c6ccc(N(c7ccc(-c8ccc(Br)cc8)cc7)c7ccc(-c8ccc(CCC)cc8)cc7)cc6C)cc54)c(C)c3)Cc3ccc(-c4ccc(Br)cc4)cc3)cc2)cc1. The molecule has 1 spiro atoms. The van der Waals surface area contributed by atoms with Crippen LogP contribution in [0.25, 0.3) is 78.4 Å². The number of benzene rings is 12. The van der Waals surface area contributed by atoms with Crippen molar-refractivity contribution in [3.63, 3.8) is 0 Å². The lowest BCUT2D eigenvalue weighted by Gasteiger charge is -2.31. The Morgan fingerprint density at radius 2 is 0.705 bits per heavy atom. The Kier molecular flexibility index (Phi) is 17.6. The topological polar surface area (TPSA) is 3.24 Å². The second kappa shape index (κ2) is 26.4. The Bertz CT molecular complexity index is 4780. The predicted octanol–water partition coefficient (Wildman–Crippen LogP) is 26.6. The summed E-state index contributed by atoms with van der Waals surface area (Å²) in [6.07, 6.45) is 9.88. The number of anilines is 3. The summed E-state index contributed by atoms with van der Waals surface area (Å²) in [5.74, 6) is 0. The van der Waals surface area contributed by atoms with Gasteiger partial charge in [0.15, 0.2) is 0 Å². The van der Waals surface area contributed by atoms with Crippen molar-refractivity contribution in [2.24, 2.45) is 0 Å². The molecule has 0 saturated heterocycles. The van der Waals surface area contributed by atoms with E-state index in [0.29, 0.717) is 0 Å². The maximum absolute atomic E-state index is 3.63.